The second-order valence-electron chi connectivity index (χ2n) is 4.84. The summed E-state index contributed by atoms with van der Waals surface area (Å²) in [4.78, 5) is 0. The summed E-state index contributed by atoms with van der Waals surface area (Å²) in [6.07, 6.45) is 0. The molecule has 0 radical (unpaired) electrons. The van der Waals surface area contributed by atoms with Gasteiger partial charge < -0.3 is 4.55 Å². The minimum absolute atomic E-state index is 0.370. The van der Waals surface area contributed by atoms with Crippen molar-refractivity contribution in [2.24, 2.45) is 4.40 Å². The van der Waals surface area contributed by atoms with Crippen molar-refractivity contribution >= 4 is 33.0 Å². The van der Waals surface area contributed by atoms with Crippen LogP contribution in [0.25, 0.3) is 0 Å². The van der Waals surface area contributed by atoms with Crippen molar-refractivity contribution in [1.29, 1.82) is 5.26 Å². The molecule has 0 aliphatic heterocycles. The molecular formula is C13H15BrN2OS. The van der Waals surface area contributed by atoms with Gasteiger partial charge >= 0.3 is 0 Å². The van der Waals surface area contributed by atoms with Gasteiger partial charge in [-0.2, -0.15) is 5.26 Å². The average molecular weight is 327 g/mol. The Morgan fingerprint density at radius 3 is 2.50 bits per heavy atom. The fourth-order valence-corrected chi connectivity index (χ4v) is 2.24. The molecule has 18 heavy (non-hydrogen) atoms. The molecule has 0 fully saturated rings. The lowest BCUT2D eigenvalue weighted by molar-refractivity contribution is 0.561. The Kier molecular flexibility index (Phi) is 4.97. The van der Waals surface area contributed by atoms with E-state index in [9.17, 15) is 4.55 Å². The van der Waals surface area contributed by atoms with Crippen molar-refractivity contribution in [3.05, 3.63) is 33.8 Å². The maximum atomic E-state index is 11.9. The van der Waals surface area contributed by atoms with Gasteiger partial charge in [0.1, 0.15) is 22.2 Å². The Balaban J connectivity index is 3.05. The first-order chi connectivity index (χ1) is 8.25. The van der Waals surface area contributed by atoms with E-state index in [0.717, 1.165) is 10.0 Å². The van der Waals surface area contributed by atoms with Gasteiger partial charge in [-0.1, -0.05) is 10.5 Å². The second kappa shape index (κ2) is 5.87. The van der Waals surface area contributed by atoms with Crippen molar-refractivity contribution in [3.63, 3.8) is 0 Å². The van der Waals surface area contributed by atoms with Gasteiger partial charge in [0.25, 0.3) is 0 Å². The summed E-state index contributed by atoms with van der Waals surface area (Å²) in [6, 6.07) is 7.42. The van der Waals surface area contributed by atoms with E-state index >= 15 is 0 Å². The molecule has 1 unspecified atom stereocenters. The lowest BCUT2D eigenvalue weighted by Crippen LogP contribution is -2.26. The number of hydrogen-bond donors (Lipinski definition) is 0. The van der Waals surface area contributed by atoms with E-state index in [1.54, 1.807) is 6.07 Å². The number of nitriles is 1. The van der Waals surface area contributed by atoms with Crippen LogP contribution in [-0.2, 0) is 11.4 Å². The van der Waals surface area contributed by atoms with Crippen LogP contribution in [0.1, 0.15) is 38.8 Å². The van der Waals surface area contributed by atoms with E-state index in [0.29, 0.717) is 11.3 Å². The standard InChI is InChI=1S/C13H15BrN2OS/c1-9(16-18(17)13(2,3)4)10-5-6-11(8-15)12(14)7-10/h5-7H,1-4H3. The zero-order chi connectivity index (χ0) is 13.9. The fourth-order valence-electron chi connectivity index (χ4n) is 1.14. The van der Waals surface area contributed by atoms with Crippen molar-refractivity contribution in [1.82, 2.24) is 0 Å². The summed E-state index contributed by atoms with van der Waals surface area (Å²) in [5.74, 6) is 0. The van der Waals surface area contributed by atoms with E-state index < -0.39 is 11.4 Å². The van der Waals surface area contributed by atoms with Crippen LogP contribution in [0.3, 0.4) is 0 Å². The summed E-state index contributed by atoms with van der Waals surface area (Å²) in [5.41, 5.74) is 2.13. The predicted octanol–water partition coefficient (Wildman–Crippen LogP) is 3.59. The molecule has 0 N–H and O–H groups in total. The van der Waals surface area contributed by atoms with Crippen LogP contribution >= 0.6 is 15.9 Å². The normalized spacial score (nSPS) is 14.2. The van der Waals surface area contributed by atoms with E-state index in [2.05, 4.69) is 26.4 Å². The smallest absolute Gasteiger partial charge is 0.144 e. The summed E-state index contributed by atoms with van der Waals surface area (Å²) in [6.45, 7) is 7.47. The van der Waals surface area contributed by atoms with Gasteiger partial charge in [-0.3, -0.25) is 0 Å². The van der Waals surface area contributed by atoms with Crippen LogP contribution in [-0.4, -0.2) is 15.0 Å². The third kappa shape index (κ3) is 3.84. The quantitative estimate of drug-likeness (QED) is 0.615. The first-order valence-electron chi connectivity index (χ1n) is 5.43. The SMILES string of the molecule is CC(=N[S+]([O-])C(C)(C)C)c1ccc(C#N)c(Br)c1. The van der Waals surface area contributed by atoms with Crippen molar-refractivity contribution < 1.29 is 4.55 Å². The van der Waals surface area contributed by atoms with Crippen LogP contribution in [0.4, 0.5) is 0 Å². The molecule has 1 aromatic carbocycles. The van der Waals surface area contributed by atoms with Gasteiger partial charge in [0.2, 0.25) is 0 Å². The molecule has 0 amide bonds. The number of benzene rings is 1. The maximum absolute atomic E-state index is 11.9. The number of halogens is 1. The van der Waals surface area contributed by atoms with Gasteiger partial charge in [0.05, 0.1) is 11.3 Å². The summed E-state index contributed by atoms with van der Waals surface area (Å²) < 4.78 is 16.5. The highest BCUT2D eigenvalue weighted by Gasteiger charge is 2.26. The highest BCUT2D eigenvalue weighted by molar-refractivity contribution is 9.10. The highest BCUT2D eigenvalue weighted by atomic mass is 79.9. The molecular weight excluding hydrogens is 312 g/mol. The monoisotopic (exact) mass is 326 g/mol. The van der Waals surface area contributed by atoms with Crippen molar-refractivity contribution in [2.75, 3.05) is 0 Å². The summed E-state index contributed by atoms with van der Waals surface area (Å²) >= 11 is 2.05. The Morgan fingerprint density at radius 1 is 1.44 bits per heavy atom. The zero-order valence-corrected chi connectivity index (χ0v) is 13.2. The first kappa shape index (κ1) is 15.2. The van der Waals surface area contributed by atoms with E-state index in [1.807, 2.05) is 39.8 Å². The third-order valence-corrected chi connectivity index (χ3v) is 4.39. The topological polar surface area (TPSA) is 59.2 Å². The number of rotatable bonds is 2. The van der Waals surface area contributed by atoms with Gasteiger partial charge in [0, 0.05) is 10.0 Å². The molecule has 3 nitrogen and oxygen atoms in total. The Morgan fingerprint density at radius 2 is 2.06 bits per heavy atom. The first-order valence-corrected chi connectivity index (χ1v) is 7.33. The largest absolute Gasteiger partial charge is 0.591 e. The Hall–Kier alpha value is -0.830. The van der Waals surface area contributed by atoms with Crippen molar-refractivity contribution in [3.8, 4) is 6.07 Å². The van der Waals surface area contributed by atoms with Gasteiger partial charge in [-0.25, -0.2) is 0 Å². The van der Waals surface area contributed by atoms with Crippen LogP contribution in [0, 0.1) is 11.3 Å². The predicted molar refractivity (Wildman–Crippen MR) is 79.0 cm³/mol. The molecule has 0 aromatic heterocycles. The molecule has 96 valence electrons. The second-order valence-corrected chi connectivity index (χ2v) is 7.60. The highest BCUT2D eigenvalue weighted by Crippen LogP contribution is 2.21. The molecule has 1 atom stereocenters. The van der Waals surface area contributed by atoms with Gasteiger partial charge in [-0.15, -0.1) is 0 Å². The van der Waals surface area contributed by atoms with Crippen LogP contribution < -0.4 is 0 Å². The molecule has 1 aromatic rings. The van der Waals surface area contributed by atoms with Crippen molar-refractivity contribution in [2.45, 2.75) is 32.4 Å². The average Bonchev–Trinajstić information content (AvgIpc) is 2.27. The maximum Gasteiger partial charge on any atom is 0.144 e. The lowest BCUT2D eigenvalue weighted by atomic mass is 10.1. The molecule has 0 aliphatic carbocycles. The fraction of sp³-hybridized carbons (Fsp3) is 0.385. The summed E-state index contributed by atoms with van der Waals surface area (Å²) in [7, 11) is 0. The molecule has 0 spiro atoms. The van der Waals surface area contributed by atoms with Crippen LogP contribution in [0.15, 0.2) is 27.1 Å². The molecule has 0 saturated carbocycles. The van der Waals surface area contributed by atoms with Crippen LogP contribution in [0.5, 0.6) is 0 Å². The molecule has 5 heteroatoms. The minimum Gasteiger partial charge on any atom is -0.591 e. The lowest BCUT2D eigenvalue weighted by Gasteiger charge is -2.18. The molecule has 1 rings (SSSR count). The van der Waals surface area contributed by atoms with Crippen LogP contribution in [0.2, 0.25) is 0 Å². The van der Waals surface area contributed by atoms with Gasteiger partial charge in [0.15, 0.2) is 0 Å². The molecule has 0 saturated heterocycles. The van der Waals surface area contributed by atoms with E-state index in [1.165, 1.54) is 0 Å². The van der Waals surface area contributed by atoms with E-state index in [4.69, 9.17) is 5.26 Å². The Bertz CT molecular complexity index is 515. The molecule has 0 heterocycles. The molecule has 0 bridgehead atoms. The minimum atomic E-state index is -1.27. The summed E-state index contributed by atoms with van der Waals surface area (Å²) in [5, 5.41) is 8.84. The molecule has 0 aliphatic rings. The van der Waals surface area contributed by atoms with E-state index in [-0.39, 0.29) is 4.75 Å². The number of hydrogen-bond acceptors (Lipinski definition) is 3. The third-order valence-electron chi connectivity index (χ3n) is 2.25. The van der Waals surface area contributed by atoms with Gasteiger partial charge in [-0.05, 0) is 55.8 Å². The Labute approximate surface area is 119 Å². The number of nitrogens with zero attached hydrogens (tertiary/aromatic N) is 2. The zero-order valence-electron chi connectivity index (χ0n) is 10.8.